The molecule has 0 aliphatic carbocycles. The first-order valence-corrected chi connectivity index (χ1v) is 13.4. The van der Waals surface area contributed by atoms with Crippen molar-refractivity contribution in [3.05, 3.63) is 18.7 Å². The monoisotopic (exact) mass is 405 g/mol. The standard InChI is InChI=1S/C27H53N2/c1-3-5-7-9-11-12-13-14-15-16-18-20-22-24-29-26-25-28(27-29)23-21-19-17-10-8-6-4-2/h25-27H,3-24H2,1-2H3/q+1. The lowest BCUT2D eigenvalue weighted by atomic mass is 10.0. The molecule has 2 nitrogen and oxygen atoms in total. The van der Waals surface area contributed by atoms with Crippen molar-refractivity contribution in [3.8, 4) is 0 Å². The molecule has 0 saturated heterocycles. The Morgan fingerprint density at radius 3 is 1.41 bits per heavy atom. The Kier molecular flexibility index (Phi) is 18.5. The van der Waals surface area contributed by atoms with Crippen molar-refractivity contribution in [2.45, 2.75) is 155 Å². The molecule has 0 amide bonds. The van der Waals surface area contributed by atoms with Gasteiger partial charge in [0.2, 0.25) is 6.33 Å². The van der Waals surface area contributed by atoms with Gasteiger partial charge >= 0.3 is 0 Å². The lowest BCUT2D eigenvalue weighted by Gasteiger charge is -2.02. The van der Waals surface area contributed by atoms with E-state index in [1.807, 2.05) is 0 Å². The van der Waals surface area contributed by atoms with Crippen LogP contribution in [0, 0.1) is 0 Å². The maximum atomic E-state index is 2.39. The minimum absolute atomic E-state index is 1.19. The van der Waals surface area contributed by atoms with E-state index in [0.29, 0.717) is 0 Å². The Hall–Kier alpha value is -0.790. The van der Waals surface area contributed by atoms with Crippen molar-refractivity contribution in [3.63, 3.8) is 0 Å². The summed E-state index contributed by atoms with van der Waals surface area (Å²) < 4.78 is 4.77. The van der Waals surface area contributed by atoms with Gasteiger partial charge < -0.3 is 0 Å². The predicted molar refractivity (Wildman–Crippen MR) is 128 cm³/mol. The van der Waals surface area contributed by atoms with E-state index in [1.165, 1.54) is 142 Å². The van der Waals surface area contributed by atoms with Crippen molar-refractivity contribution < 1.29 is 4.57 Å². The molecule has 29 heavy (non-hydrogen) atoms. The number of nitrogens with zero attached hydrogens (tertiary/aromatic N) is 2. The average molecular weight is 406 g/mol. The van der Waals surface area contributed by atoms with Crippen molar-refractivity contribution in [1.29, 1.82) is 0 Å². The molecule has 0 unspecified atom stereocenters. The highest BCUT2D eigenvalue weighted by Crippen LogP contribution is 2.12. The summed E-state index contributed by atoms with van der Waals surface area (Å²) in [6.45, 7) is 6.98. The molecule has 1 aromatic rings. The van der Waals surface area contributed by atoms with Gasteiger partial charge in [0.1, 0.15) is 12.4 Å². The lowest BCUT2D eigenvalue weighted by Crippen LogP contribution is -2.30. The van der Waals surface area contributed by atoms with Crippen LogP contribution in [0.3, 0.4) is 0 Å². The van der Waals surface area contributed by atoms with Gasteiger partial charge in [-0.3, -0.25) is 0 Å². The van der Waals surface area contributed by atoms with Crippen molar-refractivity contribution in [1.82, 2.24) is 4.57 Å². The smallest absolute Gasteiger partial charge is 0.237 e. The zero-order valence-corrected chi connectivity index (χ0v) is 20.2. The normalized spacial score (nSPS) is 11.4. The number of hydrogen-bond donors (Lipinski definition) is 0. The van der Waals surface area contributed by atoms with E-state index in [0.717, 1.165) is 0 Å². The van der Waals surface area contributed by atoms with Gasteiger partial charge in [0.25, 0.3) is 0 Å². The van der Waals surface area contributed by atoms with Gasteiger partial charge in [0, 0.05) is 0 Å². The summed E-state index contributed by atoms with van der Waals surface area (Å²) in [5, 5.41) is 0. The molecule has 0 aromatic carbocycles. The minimum atomic E-state index is 1.19. The summed E-state index contributed by atoms with van der Waals surface area (Å²) >= 11 is 0. The van der Waals surface area contributed by atoms with Crippen LogP contribution < -0.4 is 4.57 Å². The highest BCUT2D eigenvalue weighted by atomic mass is 15.1. The number of hydrogen-bond acceptors (Lipinski definition) is 0. The van der Waals surface area contributed by atoms with Crippen LogP contribution in [0.5, 0.6) is 0 Å². The second-order valence-corrected chi connectivity index (χ2v) is 9.25. The van der Waals surface area contributed by atoms with Gasteiger partial charge in [0.15, 0.2) is 0 Å². The van der Waals surface area contributed by atoms with E-state index < -0.39 is 0 Å². The highest BCUT2D eigenvalue weighted by Gasteiger charge is 2.03. The zero-order valence-electron chi connectivity index (χ0n) is 20.2. The third-order valence-corrected chi connectivity index (χ3v) is 6.29. The first kappa shape index (κ1) is 26.2. The van der Waals surface area contributed by atoms with Crippen LogP contribution in [-0.4, -0.2) is 4.57 Å². The third-order valence-electron chi connectivity index (χ3n) is 6.29. The van der Waals surface area contributed by atoms with Crippen molar-refractivity contribution in [2.24, 2.45) is 0 Å². The lowest BCUT2D eigenvalue weighted by molar-refractivity contribution is -0.696. The first-order chi connectivity index (χ1) is 14.4. The minimum Gasteiger partial charge on any atom is -0.237 e. The van der Waals surface area contributed by atoms with Crippen LogP contribution in [0.25, 0.3) is 0 Å². The van der Waals surface area contributed by atoms with Gasteiger partial charge in [-0.25, -0.2) is 9.13 Å². The quantitative estimate of drug-likeness (QED) is 0.135. The Morgan fingerprint density at radius 1 is 0.517 bits per heavy atom. The van der Waals surface area contributed by atoms with Crippen LogP contribution >= 0.6 is 0 Å². The molecule has 170 valence electrons. The summed E-state index contributed by atoms with van der Waals surface area (Å²) in [6, 6.07) is 0. The summed E-state index contributed by atoms with van der Waals surface area (Å²) in [4.78, 5) is 0. The second kappa shape index (κ2) is 20.5. The van der Waals surface area contributed by atoms with E-state index in [9.17, 15) is 0 Å². The summed E-state index contributed by atoms with van der Waals surface area (Å²) in [5.74, 6) is 0. The van der Waals surface area contributed by atoms with E-state index >= 15 is 0 Å². The Labute approximate surface area is 183 Å². The van der Waals surface area contributed by atoms with E-state index in [-0.39, 0.29) is 0 Å². The van der Waals surface area contributed by atoms with E-state index in [4.69, 9.17) is 0 Å². The molecule has 0 atom stereocenters. The first-order valence-electron chi connectivity index (χ1n) is 13.4. The molecule has 1 heterocycles. The molecule has 2 heteroatoms. The molecule has 0 N–H and O–H groups in total. The van der Waals surface area contributed by atoms with Crippen LogP contribution in [0.2, 0.25) is 0 Å². The molecule has 0 bridgehead atoms. The molecular formula is C27H53N2+. The summed E-state index contributed by atoms with van der Waals surface area (Å²) in [6.07, 6.45) is 35.2. The van der Waals surface area contributed by atoms with Crippen LogP contribution in [0.4, 0.5) is 0 Å². The van der Waals surface area contributed by atoms with Gasteiger partial charge in [-0.1, -0.05) is 117 Å². The van der Waals surface area contributed by atoms with E-state index in [2.05, 4.69) is 41.7 Å². The molecule has 0 spiro atoms. The van der Waals surface area contributed by atoms with Crippen LogP contribution in [0.1, 0.15) is 142 Å². The van der Waals surface area contributed by atoms with Gasteiger partial charge in [0.05, 0.1) is 13.1 Å². The largest absolute Gasteiger partial charge is 0.243 e. The molecule has 1 rings (SSSR count). The second-order valence-electron chi connectivity index (χ2n) is 9.25. The van der Waals surface area contributed by atoms with E-state index in [1.54, 1.807) is 0 Å². The summed E-state index contributed by atoms with van der Waals surface area (Å²) in [7, 11) is 0. The average Bonchev–Trinajstić information content (AvgIpc) is 3.18. The van der Waals surface area contributed by atoms with Gasteiger partial charge in [-0.05, 0) is 25.7 Å². The van der Waals surface area contributed by atoms with Crippen molar-refractivity contribution in [2.75, 3.05) is 0 Å². The number of aromatic nitrogens is 2. The van der Waals surface area contributed by atoms with Crippen LogP contribution in [0.15, 0.2) is 18.7 Å². The maximum Gasteiger partial charge on any atom is 0.243 e. The molecule has 0 saturated carbocycles. The molecule has 0 aliphatic rings. The predicted octanol–water partition coefficient (Wildman–Crippen LogP) is 8.62. The maximum absolute atomic E-state index is 2.39. The number of unbranched alkanes of at least 4 members (excludes halogenated alkanes) is 18. The molecule has 1 aromatic heterocycles. The molecule has 0 aliphatic heterocycles. The van der Waals surface area contributed by atoms with Gasteiger partial charge in [-0.2, -0.15) is 0 Å². The highest BCUT2D eigenvalue weighted by molar-refractivity contribution is 4.66. The van der Waals surface area contributed by atoms with Crippen molar-refractivity contribution >= 4 is 0 Å². The number of imidazole rings is 1. The fourth-order valence-electron chi connectivity index (χ4n) is 4.27. The molecule has 0 radical (unpaired) electrons. The number of aryl methyl sites for hydroxylation is 2. The zero-order chi connectivity index (χ0) is 20.8. The Morgan fingerprint density at radius 2 is 0.931 bits per heavy atom. The van der Waals surface area contributed by atoms with Crippen LogP contribution in [-0.2, 0) is 13.1 Å². The Balaban J connectivity index is 1.86. The topological polar surface area (TPSA) is 8.81 Å². The Bertz CT molecular complexity index is 438. The fraction of sp³-hybridized carbons (Fsp3) is 0.889. The number of rotatable bonds is 22. The molecule has 0 fully saturated rings. The van der Waals surface area contributed by atoms with Gasteiger partial charge in [-0.15, -0.1) is 0 Å². The molecular weight excluding hydrogens is 352 g/mol. The fourth-order valence-corrected chi connectivity index (χ4v) is 4.27. The SMILES string of the molecule is CCCCCCCCCCCCCCCn1cc[n+](CCCCCCCCC)c1. The third kappa shape index (κ3) is 16.7. The summed E-state index contributed by atoms with van der Waals surface area (Å²) in [5.41, 5.74) is 0.